The Morgan fingerprint density at radius 1 is 1.02 bits per heavy atom. The molecular weight excluding hydrogens is 557 g/mol. The zero-order valence-electron chi connectivity index (χ0n) is 21.6. The molecule has 210 valence electrons. The van der Waals surface area contributed by atoms with Crippen LogP contribution in [0, 0.1) is 0 Å². The summed E-state index contributed by atoms with van der Waals surface area (Å²) >= 11 is 12.2. The summed E-state index contributed by atoms with van der Waals surface area (Å²) in [6, 6.07) is 10.6. The summed E-state index contributed by atoms with van der Waals surface area (Å²) < 4.78 is 0. The Morgan fingerprint density at radius 3 is 2.60 bits per heavy atom. The summed E-state index contributed by atoms with van der Waals surface area (Å²) in [5, 5.41) is 16.1. The number of likely N-dealkylation sites (tertiary alicyclic amines) is 1. The molecule has 4 N–H and O–H groups in total. The van der Waals surface area contributed by atoms with E-state index in [9.17, 15) is 19.2 Å². The zero-order valence-corrected chi connectivity index (χ0v) is 23.1. The van der Waals surface area contributed by atoms with E-state index in [4.69, 9.17) is 28.3 Å². The predicted octanol–water partition coefficient (Wildman–Crippen LogP) is 4.41. The van der Waals surface area contributed by atoms with Crippen molar-refractivity contribution in [2.45, 2.75) is 50.7 Å². The van der Waals surface area contributed by atoms with Crippen molar-refractivity contribution >= 4 is 63.6 Å². The average molecular weight is 586 g/mol. The van der Waals surface area contributed by atoms with E-state index in [1.165, 1.54) is 4.90 Å². The van der Waals surface area contributed by atoms with Gasteiger partial charge in [-0.1, -0.05) is 41.4 Å². The van der Waals surface area contributed by atoms with Crippen LogP contribution >= 0.6 is 23.2 Å². The number of urea groups is 1. The van der Waals surface area contributed by atoms with Crippen molar-refractivity contribution in [2.75, 3.05) is 18.4 Å². The van der Waals surface area contributed by atoms with Crippen molar-refractivity contribution in [2.24, 2.45) is 0 Å². The van der Waals surface area contributed by atoms with Crippen LogP contribution in [0.4, 0.5) is 10.5 Å². The number of nitrogens with zero attached hydrogens (tertiary/aromatic N) is 2. The molecule has 1 saturated heterocycles. The van der Waals surface area contributed by atoms with Crippen LogP contribution in [0.2, 0.25) is 10.0 Å². The zero-order chi connectivity index (χ0) is 28.4. The van der Waals surface area contributed by atoms with Crippen molar-refractivity contribution in [3.8, 4) is 0 Å². The van der Waals surface area contributed by atoms with Gasteiger partial charge in [-0.05, 0) is 49.1 Å². The minimum atomic E-state index is -0.930. The third kappa shape index (κ3) is 5.73. The number of carbonyl (C=O) groups is 4. The monoisotopic (exact) mass is 585 g/mol. The van der Waals surface area contributed by atoms with Crippen molar-refractivity contribution in [1.82, 2.24) is 20.1 Å². The molecule has 3 heterocycles. The molecule has 2 aliphatic heterocycles. The largest absolute Gasteiger partial charge is 0.481 e. The quantitative estimate of drug-likeness (QED) is 0.305. The second kappa shape index (κ2) is 11.8. The number of benzene rings is 2. The number of rotatable bonds is 7. The van der Waals surface area contributed by atoms with Crippen molar-refractivity contribution in [1.29, 1.82) is 0 Å². The first kappa shape index (κ1) is 27.8. The first-order valence-electron chi connectivity index (χ1n) is 13.1. The van der Waals surface area contributed by atoms with Gasteiger partial charge >= 0.3 is 12.0 Å². The number of hydrogen-bond donors (Lipinski definition) is 4. The van der Waals surface area contributed by atoms with E-state index in [1.54, 1.807) is 23.1 Å². The number of amides is 4. The van der Waals surface area contributed by atoms with E-state index in [-0.39, 0.29) is 42.8 Å². The number of anilines is 1. The van der Waals surface area contributed by atoms with Gasteiger partial charge in [0, 0.05) is 48.2 Å². The number of para-hydroxylation sites is 1. The van der Waals surface area contributed by atoms with E-state index < -0.39 is 24.1 Å². The number of H-pyrrole nitrogens is 1. The van der Waals surface area contributed by atoms with Crippen LogP contribution in [0.3, 0.4) is 0 Å². The summed E-state index contributed by atoms with van der Waals surface area (Å²) in [5.41, 5.74) is 3.18. The van der Waals surface area contributed by atoms with E-state index >= 15 is 0 Å². The van der Waals surface area contributed by atoms with Crippen molar-refractivity contribution in [3.05, 3.63) is 63.8 Å². The standard InChI is InChI=1S/C28H29Cl2N5O5/c29-19-10-9-16(13-20(19)30)32-28(40)35-15-22-18(17-5-1-2-6-21(17)33-22)14-24(35)27(39)34-12-4-7-23(34)26(38)31-11-3-8-25(36)37/h1-2,5-6,9-10,13,23-24,33H,3-4,7-8,11-12,14-15H2,(H,31,38)(H,32,40)(H,36,37). The highest BCUT2D eigenvalue weighted by molar-refractivity contribution is 6.42. The number of carboxylic acids is 1. The lowest BCUT2D eigenvalue weighted by atomic mass is 9.95. The number of nitrogens with one attached hydrogen (secondary N) is 3. The first-order chi connectivity index (χ1) is 19.2. The summed E-state index contributed by atoms with van der Waals surface area (Å²) in [7, 11) is 0. The summed E-state index contributed by atoms with van der Waals surface area (Å²) in [4.78, 5) is 57.8. The molecule has 2 unspecified atom stereocenters. The molecular formula is C28H29Cl2N5O5. The Balaban J connectivity index is 1.40. The van der Waals surface area contributed by atoms with E-state index in [0.717, 1.165) is 22.2 Å². The molecule has 10 nitrogen and oxygen atoms in total. The van der Waals surface area contributed by atoms with Gasteiger partial charge in [0.05, 0.1) is 16.6 Å². The molecule has 12 heteroatoms. The molecule has 5 rings (SSSR count). The number of halogens is 2. The molecule has 40 heavy (non-hydrogen) atoms. The topological polar surface area (TPSA) is 135 Å². The maximum atomic E-state index is 14.1. The molecule has 0 spiro atoms. The van der Waals surface area contributed by atoms with Gasteiger partial charge in [0.15, 0.2) is 0 Å². The molecule has 0 aliphatic carbocycles. The Morgan fingerprint density at radius 2 is 1.82 bits per heavy atom. The summed E-state index contributed by atoms with van der Waals surface area (Å²) in [5.74, 6) is -1.55. The lowest BCUT2D eigenvalue weighted by molar-refractivity contribution is -0.142. The average Bonchev–Trinajstić information content (AvgIpc) is 3.57. The number of aromatic amines is 1. The minimum absolute atomic E-state index is 0.0501. The van der Waals surface area contributed by atoms with Gasteiger partial charge in [-0.2, -0.15) is 0 Å². The van der Waals surface area contributed by atoms with Crippen LogP contribution in [-0.2, 0) is 27.3 Å². The third-order valence-corrected chi connectivity index (χ3v) is 8.17. The lowest BCUT2D eigenvalue weighted by Crippen LogP contribution is -2.57. The number of carboxylic acid groups (broad SMARTS) is 1. The van der Waals surface area contributed by atoms with E-state index in [2.05, 4.69) is 15.6 Å². The lowest BCUT2D eigenvalue weighted by Gasteiger charge is -2.38. The SMILES string of the molecule is O=C(O)CCCNC(=O)C1CCCN1C(=O)C1Cc2c([nH]c3ccccc23)CN1C(=O)Nc1ccc(Cl)c(Cl)c1. The Bertz CT molecular complexity index is 1470. The number of aliphatic carboxylic acids is 1. The van der Waals surface area contributed by atoms with Gasteiger partial charge in [-0.25, -0.2) is 4.79 Å². The smallest absolute Gasteiger partial charge is 0.322 e. The van der Waals surface area contributed by atoms with Crippen molar-refractivity contribution in [3.63, 3.8) is 0 Å². The van der Waals surface area contributed by atoms with Gasteiger partial charge in [-0.15, -0.1) is 0 Å². The number of aromatic nitrogens is 1. The molecule has 2 aliphatic rings. The predicted molar refractivity (Wildman–Crippen MR) is 151 cm³/mol. The van der Waals surface area contributed by atoms with Crippen LogP contribution in [0.15, 0.2) is 42.5 Å². The highest BCUT2D eigenvalue weighted by atomic mass is 35.5. The van der Waals surface area contributed by atoms with Gasteiger partial charge < -0.3 is 30.5 Å². The fourth-order valence-electron chi connectivity index (χ4n) is 5.47. The summed E-state index contributed by atoms with van der Waals surface area (Å²) in [6.45, 7) is 0.781. The minimum Gasteiger partial charge on any atom is -0.481 e. The van der Waals surface area contributed by atoms with Gasteiger partial charge in [0.25, 0.3) is 0 Å². The van der Waals surface area contributed by atoms with Gasteiger partial charge in [0.2, 0.25) is 11.8 Å². The van der Waals surface area contributed by atoms with Gasteiger partial charge in [0.1, 0.15) is 12.1 Å². The van der Waals surface area contributed by atoms with E-state index in [0.29, 0.717) is 36.5 Å². The molecule has 0 bridgehead atoms. The maximum Gasteiger partial charge on any atom is 0.322 e. The van der Waals surface area contributed by atoms with E-state index in [1.807, 2.05) is 24.3 Å². The fourth-order valence-corrected chi connectivity index (χ4v) is 5.77. The maximum absolute atomic E-state index is 14.1. The van der Waals surface area contributed by atoms with Crippen LogP contribution < -0.4 is 10.6 Å². The molecule has 4 amide bonds. The molecule has 2 aromatic carbocycles. The second-order valence-corrected chi connectivity index (χ2v) is 10.8. The first-order valence-corrected chi connectivity index (χ1v) is 13.9. The molecule has 1 fully saturated rings. The van der Waals surface area contributed by atoms with Gasteiger partial charge in [-0.3, -0.25) is 14.4 Å². The van der Waals surface area contributed by atoms with Crippen LogP contribution in [0.1, 0.15) is 36.9 Å². The van der Waals surface area contributed by atoms with Crippen LogP contribution in [0.25, 0.3) is 10.9 Å². The van der Waals surface area contributed by atoms with Crippen LogP contribution in [-0.4, -0.2) is 68.9 Å². The Labute approximate surface area is 240 Å². The Hall–Kier alpha value is -3.76. The number of carbonyl (C=O) groups excluding carboxylic acids is 3. The number of hydrogen-bond acceptors (Lipinski definition) is 4. The molecule has 0 saturated carbocycles. The molecule has 2 atom stereocenters. The highest BCUT2D eigenvalue weighted by Gasteiger charge is 2.43. The van der Waals surface area contributed by atoms with Crippen LogP contribution in [0.5, 0.6) is 0 Å². The van der Waals surface area contributed by atoms with Crippen molar-refractivity contribution < 1.29 is 24.3 Å². The third-order valence-electron chi connectivity index (χ3n) is 7.43. The normalized spacial score (nSPS) is 18.4. The Kier molecular flexibility index (Phi) is 8.18. The highest BCUT2D eigenvalue weighted by Crippen LogP contribution is 2.33. The second-order valence-electron chi connectivity index (χ2n) is 10.0. The fraction of sp³-hybridized carbons (Fsp3) is 0.357. The molecule has 0 radical (unpaired) electrons. The number of fused-ring (bicyclic) bond motifs is 3. The molecule has 3 aromatic rings. The molecule has 1 aromatic heterocycles. The summed E-state index contributed by atoms with van der Waals surface area (Å²) in [6.07, 6.45) is 1.69.